The normalized spacial score (nSPS) is 12.2. The summed E-state index contributed by atoms with van der Waals surface area (Å²) < 4.78 is 43.7. The van der Waals surface area contributed by atoms with Gasteiger partial charge in [-0.15, -0.1) is 13.2 Å². The Labute approximate surface area is 182 Å². The van der Waals surface area contributed by atoms with Gasteiger partial charge in [-0.3, -0.25) is 9.48 Å². The van der Waals surface area contributed by atoms with Crippen LogP contribution < -0.4 is 15.8 Å². The minimum Gasteiger partial charge on any atom is -0.404 e. The van der Waals surface area contributed by atoms with Gasteiger partial charge >= 0.3 is 6.36 Å². The van der Waals surface area contributed by atoms with E-state index in [0.717, 1.165) is 5.56 Å². The highest BCUT2D eigenvalue weighted by molar-refractivity contribution is 5.94. The number of amides is 1. The lowest BCUT2D eigenvalue weighted by Gasteiger charge is -2.18. The van der Waals surface area contributed by atoms with Gasteiger partial charge in [0.25, 0.3) is 5.91 Å². The van der Waals surface area contributed by atoms with E-state index in [1.54, 1.807) is 16.9 Å². The second kappa shape index (κ2) is 9.25. The van der Waals surface area contributed by atoms with Crippen molar-refractivity contribution in [3.05, 3.63) is 47.3 Å². The number of nitrogens with two attached hydrogens (primary N) is 1. The molecule has 1 aliphatic carbocycles. The molecule has 0 fully saturated rings. The molecular formula is C21H23F3N6O2. The molecule has 0 radical (unpaired) electrons. The Morgan fingerprint density at radius 1 is 1.25 bits per heavy atom. The zero-order valence-corrected chi connectivity index (χ0v) is 17.8. The number of alkyl halides is 3. The molecule has 0 spiro atoms. The van der Waals surface area contributed by atoms with Crippen molar-refractivity contribution in [2.45, 2.75) is 46.5 Å². The molecule has 0 saturated heterocycles. The lowest BCUT2D eigenvalue weighted by atomic mass is 9.93. The number of nitrogens with zero attached hydrogens (tertiary/aromatic N) is 4. The number of aryl methyl sites for hydroxylation is 2. The van der Waals surface area contributed by atoms with E-state index >= 15 is 0 Å². The van der Waals surface area contributed by atoms with Gasteiger partial charge in [0.15, 0.2) is 11.4 Å². The Hall–Kier alpha value is -3.63. The third-order valence-corrected chi connectivity index (χ3v) is 4.68. The van der Waals surface area contributed by atoms with Crippen molar-refractivity contribution in [3.8, 4) is 17.1 Å². The maximum absolute atomic E-state index is 12.7. The zero-order chi connectivity index (χ0) is 23.5. The number of halogens is 3. The standard InChI is InChI=1S/C19H17F3N6O2.C2H6/c1-2-28-16-11(15(27-28)17(23)29)8-7-10-9-24-18(26-14(10)16)25-12-5-3-4-6-13(12)30-19(20,21)22;1-2/h3-6,9H,2,7-8H2,1H3,(H2,23,29)(H,24,25,26);1-2H3. The molecule has 0 bridgehead atoms. The number of primary amides is 1. The summed E-state index contributed by atoms with van der Waals surface area (Å²) in [7, 11) is 0. The summed E-state index contributed by atoms with van der Waals surface area (Å²) in [5.74, 6) is -0.932. The van der Waals surface area contributed by atoms with E-state index in [2.05, 4.69) is 25.1 Å². The van der Waals surface area contributed by atoms with Crippen LogP contribution in [0.3, 0.4) is 0 Å². The van der Waals surface area contributed by atoms with Crippen LogP contribution in [0.5, 0.6) is 5.75 Å². The van der Waals surface area contributed by atoms with Crippen molar-refractivity contribution < 1.29 is 22.7 Å². The minimum absolute atomic E-state index is 0.0626. The molecule has 0 aliphatic heterocycles. The molecule has 11 heteroatoms. The number of rotatable bonds is 5. The second-order valence-electron chi connectivity index (χ2n) is 6.59. The number of nitrogens with one attached hydrogen (secondary N) is 1. The first-order valence-corrected chi connectivity index (χ1v) is 10.1. The van der Waals surface area contributed by atoms with E-state index in [1.165, 1.54) is 18.2 Å². The molecule has 2 heterocycles. The van der Waals surface area contributed by atoms with E-state index in [1.807, 2.05) is 20.8 Å². The summed E-state index contributed by atoms with van der Waals surface area (Å²) in [6, 6.07) is 5.61. The highest BCUT2D eigenvalue weighted by Crippen LogP contribution is 2.36. The van der Waals surface area contributed by atoms with Crippen LogP contribution in [0.1, 0.15) is 42.4 Å². The number of carbonyl (C=O) groups excluding carboxylic acids is 1. The summed E-state index contributed by atoms with van der Waals surface area (Å²) in [5, 5.41) is 7.07. The summed E-state index contributed by atoms with van der Waals surface area (Å²) in [4.78, 5) is 20.5. The topological polar surface area (TPSA) is 108 Å². The Kier molecular flexibility index (Phi) is 6.66. The number of hydrogen-bond acceptors (Lipinski definition) is 6. The van der Waals surface area contributed by atoms with Gasteiger partial charge in [-0.25, -0.2) is 9.97 Å². The fourth-order valence-corrected chi connectivity index (χ4v) is 3.45. The molecule has 4 rings (SSSR count). The molecule has 0 saturated carbocycles. The van der Waals surface area contributed by atoms with Crippen molar-refractivity contribution in [2.75, 3.05) is 5.32 Å². The van der Waals surface area contributed by atoms with Crippen LogP contribution in [0.15, 0.2) is 30.5 Å². The number of anilines is 2. The van der Waals surface area contributed by atoms with Crippen LogP contribution in [-0.4, -0.2) is 32.0 Å². The van der Waals surface area contributed by atoms with Crippen LogP contribution in [-0.2, 0) is 19.4 Å². The predicted octanol–water partition coefficient (Wildman–Crippen LogP) is 4.23. The van der Waals surface area contributed by atoms with Gasteiger partial charge in [-0.05, 0) is 37.5 Å². The van der Waals surface area contributed by atoms with Crippen LogP contribution in [0.2, 0.25) is 0 Å². The van der Waals surface area contributed by atoms with E-state index in [-0.39, 0.29) is 17.3 Å². The number of benzene rings is 1. The summed E-state index contributed by atoms with van der Waals surface area (Å²) in [6.07, 6.45) is -2.06. The number of ether oxygens (including phenoxy) is 1. The molecule has 1 amide bonds. The second-order valence-corrected chi connectivity index (χ2v) is 6.59. The largest absolute Gasteiger partial charge is 0.573 e. The molecule has 3 aromatic rings. The molecule has 2 aromatic heterocycles. The Bertz CT molecular complexity index is 1130. The number of fused-ring (bicyclic) bond motifs is 3. The lowest BCUT2D eigenvalue weighted by molar-refractivity contribution is -0.274. The van der Waals surface area contributed by atoms with Crippen molar-refractivity contribution >= 4 is 17.5 Å². The Balaban J connectivity index is 0.00000141. The number of para-hydroxylation sites is 2. The van der Waals surface area contributed by atoms with Gasteiger partial charge in [0, 0.05) is 18.3 Å². The SMILES string of the molecule is CC.CCn1nc(C(N)=O)c2c1-c1nc(Nc3ccccc3OC(F)(F)F)ncc1CC2. The van der Waals surface area contributed by atoms with Crippen molar-refractivity contribution in [2.24, 2.45) is 5.73 Å². The molecule has 32 heavy (non-hydrogen) atoms. The Morgan fingerprint density at radius 3 is 2.62 bits per heavy atom. The molecule has 3 N–H and O–H groups in total. The third kappa shape index (κ3) is 4.66. The van der Waals surface area contributed by atoms with Crippen LogP contribution >= 0.6 is 0 Å². The van der Waals surface area contributed by atoms with Gasteiger partial charge in [-0.1, -0.05) is 26.0 Å². The first-order chi connectivity index (χ1) is 15.3. The van der Waals surface area contributed by atoms with Crippen molar-refractivity contribution in [3.63, 3.8) is 0 Å². The number of carbonyl (C=O) groups is 1. The van der Waals surface area contributed by atoms with E-state index in [9.17, 15) is 18.0 Å². The van der Waals surface area contributed by atoms with Gasteiger partial charge in [-0.2, -0.15) is 5.10 Å². The average molecular weight is 448 g/mol. The molecule has 0 atom stereocenters. The fourth-order valence-electron chi connectivity index (χ4n) is 3.45. The molecule has 1 aliphatic rings. The first-order valence-electron chi connectivity index (χ1n) is 10.1. The average Bonchev–Trinajstić information content (AvgIpc) is 3.15. The fraction of sp³-hybridized carbons (Fsp3) is 0.333. The van der Waals surface area contributed by atoms with Gasteiger partial charge in [0.2, 0.25) is 5.95 Å². The Morgan fingerprint density at radius 2 is 1.97 bits per heavy atom. The summed E-state index contributed by atoms with van der Waals surface area (Å²) >= 11 is 0. The molecule has 0 unspecified atom stereocenters. The van der Waals surface area contributed by atoms with Crippen molar-refractivity contribution in [1.82, 2.24) is 19.7 Å². The van der Waals surface area contributed by atoms with E-state index < -0.39 is 18.0 Å². The molecule has 8 nitrogen and oxygen atoms in total. The predicted molar refractivity (Wildman–Crippen MR) is 113 cm³/mol. The maximum atomic E-state index is 12.7. The zero-order valence-electron chi connectivity index (χ0n) is 17.8. The molecule has 170 valence electrons. The number of aromatic nitrogens is 4. The maximum Gasteiger partial charge on any atom is 0.573 e. The van der Waals surface area contributed by atoms with Gasteiger partial charge < -0.3 is 15.8 Å². The lowest BCUT2D eigenvalue weighted by Crippen LogP contribution is -2.18. The third-order valence-electron chi connectivity index (χ3n) is 4.68. The minimum atomic E-state index is -4.83. The van der Waals surface area contributed by atoms with Crippen LogP contribution in [0, 0.1) is 0 Å². The molecule has 1 aromatic carbocycles. The molecular weight excluding hydrogens is 425 g/mol. The smallest absolute Gasteiger partial charge is 0.404 e. The number of hydrogen-bond donors (Lipinski definition) is 2. The van der Waals surface area contributed by atoms with E-state index in [0.29, 0.717) is 36.3 Å². The highest BCUT2D eigenvalue weighted by Gasteiger charge is 2.32. The monoisotopic (exact) mass is 448 g/mol. The quantitative estimate of drug-likeness (QED) is 0.605. The van der Waals surface area contributed by atoms with E-state index in [4.69, 9.17) is 5.73 Å². The van der Waals surface area contributed by atoms with Gasteiger partial charge in [0.05, 0.1) is 17.1 Å². The summed E-state index contributed by atoms with van der Waals surface area (Å²) in [6.45, 7) is 6.36. The highest BCUT2D eigenvalue weighted by atomic mass is 19.4. The van der Waals surface area contributed by atoms with Crippen molar-refractivity contribution in [1.29, 1.82) is 0 Å². The first kappa shape index (κ1) is 23.0. The van der Waals surface area contributed by atoms with Crippen LogP contribution in [0.4, 0.5) is 24.8 Å². The summed E-state index contributed by atoms with van der Waals surface area (Å²) in [5.41, 5.74) is 8.51. The van der Waals surface area contributed by atoms with Gasteiger partial charge in [0.1, 0.15) is 0 Å². The van der Waals surface area contributed by atoms with Crippen LogP contribution in [0.25, 0.3) is 11.4 Å².